The topological polar surface area (TPSA) is 52.3 Å². The maximum atomic E-state index is 11.9. The van der Waals surface area contributed by atoms with Crippen molar-refractivity contribution in [1.29, 1.82) is 0 Å². The number of carbonyl (C=O) groups excluding carboxylic acids is 1. The van der Waals surface area contributed by atoms with Crippen LogP contribution in [0, 0.1) is 11.3 Å². The number of carbonyl (C=O) groups is 1. The number of esters is 1. The minimum Gasteiger partial charge on any atom is -0.465 e. The molecule has 0 aliphatic heterocycles. The van der Waals surface area contributed by atoms with Crippen LogP contribution in [0.1, 0.15) is 52.4 Å². The number of hydrogen-bond donors (Lipinski definition) is 1. The Bertz CT molecular complexity index is 218. The van der Waals surface area contributed by atoms with Gasteiger partial charge in [0, 0.05) is 6.54 Å². The molecule has 1 rings (SSSR count). The van der Waals surface area contributed by atoms with Gasteiger partial charge in [0.25, 0.3) is 0 Å². The smallest absolute Gasteiger partial charge is 0.313 e. The SMILES string of the molecule is CCC(C)(CN)C(=O)OCC1CCCCC1. The summed E-state index contributed by atoms with van der Waals surface area (Å²) in [5.41, 5.74) is 5.13. The Morgan fingerprint density at radius 3 is 2.50 bits per heavy atom. The van der Waals surface area contributed by atoms with Crippen molar-refractivity contribution in [1.82, 2.24) is 0 Å². The summed E-state index contributed by atoms with van der Waals surface area (Å²) in [6.07, 6.45) is 7.05. The highest BCUT2D eigenvalue weighted by atomic mass is 16.5. The van der Waals surface area contributed by atoms with E-state index in [1.165, 1.54) is 32.1 Å². The van der Waals surface area contributed by atoms with Gasteiger partial charge in [-0.05, 0) is 32.1 Å². The molecule has 1 unspecified atom stereocenters. The monoisotopic (exact) mass is 227 g/mol. The van der Waals surface area contributed by atoms with Crippen molar-refractivity contribution in [2.75, 3.05) is 13.2 Å². The average molecular weight is 227 g/mol. The van der Waals surface area contributed by atoms with Crippen LogP contribution in [0.25, 0.3) is 0 Å². The van der Waals surface area contributed by atoms with Crippen molar-refractivity contribution in [3.8, 4) is 0 Å². The van der Waals surface area contributed by atoms with Crippen molar-refractivity contribution in [3.63, 3.8) is 0 Å². The molecule has 0 amide bonds. The lowest BCUT2D eigenvalue weighted by Gasteiger charge is -2.26. The molecule has 0 aromatic rings. The molecule has 94 valence electrons. The Hall–Kier alpha value is -0.570. The average Bonchev–Trinajstić information content (AvgIpc) is 2.36. The molecule has 1 atom stereocenters. The third kappa shape index (κ3) is 3.48. The lowest BCUT2D eigenvalue weighted by molar-refractivity contribution is -0.156. The molecule has 0 heterocycles. The first kappa shape index (κ1) is 13.5. The molecule has 0 saturated heterocycles. The number of ether oxygens (including phenoxy) is 1. The van der Waals surface area contributed by atoms with E-state index in [2.05, 4.69) is 0 Å². The van der Waals surface area contributed by atoms with Crippen molar-refractivity contribution < 1.29 is 9.53 Å². The quantitative estimate of drug-likeness (QED) is 0.734. The largest absolute Gasteiger partial charge is 0.465 e. The Balaban J connectivity index is 2.33. The molecule has 1 aliphatic rings. The molecule has 0 spiro atoms. The van der Waals surface area contributed by atoms with E-state index in [9.17, 15) is 4.79 Å². The third-order valence-electron chi connectivity index (χ3n) is 3.90. The van der Waals surface area contributed by atoms with Crippen molar-refractivity contribution in [3.05, 3.63) is 0 Å². The highest BCUT2D eigenvalue weighted by molar-refractivity contribution is 5.76. The van der Waals surface area contributed by atoms with E-state index in [0.29, 0.717) is 19.1 Å². The first-order chi connectivity index (χ1) is 7.62. The summed E-state index contributed by atoms with van der Waals surface area (Å²) in [7, 11) is 0. The molecule has 0 radical (unpaired) electrons. The Labute approximate surface area is 98.7 Å². The summed E-state index contributed by atoms with van der Waals surface area (Å²) in [4.78, 5) is 11.9. The molecule has 1 saturated carbocycles. The lowest BCUT2D eigenvalue weighted by Crippen LogP contribution is -2.37. The molecule has 3 heteroatoms. The minimum absolute atomic E-state index is 0.122. The van der Waals surface area contributed by atoms with E-state index in [4.69, 9.17) is 10.5 Å². The summed E-state index contributed by atoms with van der Waals surface area (Å²) in [5.74, 6) is 0.458. The van der Waals surface area contributed by atoms with E-state index >= 15 is 0 Å². The van der Waals surface area contributed by atoms with Gasteiger partial charge in [0.05, 0.1) is 12.0 Å². The highest BCUT2D eigenvalue weighted by Crippen LogP contribution is 2.26. The molecule has 0 bridgehead atoms. The molecule has 1 aliphatic carbocycles. The van der Waals surface area contributed by atoms with E-state index < -0.39 is 5.41 Å². The Morgan fingerprint density at radius 2 is 2.00 bits per heavy atom. The van der Waals surface area contributed by atoms with Crippen LogP contribution in [0.2, 0.25) is 0 Å². The fraction of sp³-hybridized carbons (Fsp3) is 0.923. The van der Waals surface area contributed by atoms with Gasteiger partial charge >= 0.3 is 5.97 Å². The Morgan fingerprint density at radius 1 is 1.38 bits per heavy atom. The van der Waals surface area contributed by atoms with E-state index in [1.807, 2.05) is 13.8 Å². The van der Waals surface area contributed by atoms with Gasteiger partial charge in [-0.3, -0.25) is 4.79 Å². The molecule has 1 fully saturated rings. The van der Waals surface area contributed by atoms with Gasteiger partial charge in [-0.2, -0.15) is 0 Å². The minimum atomic E-state index is -0.491. The molecular weight excluding hydrogens is 202 g/mol. The molecule has 2 N–H and O–H groups in total. The second-order valence-corrected chi connectivity index (χ2v) is 5.22. The number of rotatable bonds is 5. The van der Waals surface area contributed by atoms with Crippen LogP contribution in [0.15, 0.2) is 0 Å². The van der Waals surface area contributed by atoms with Gasteiger partial charge in [-0.25, -0.2) is 0 Å². The normalized spacial score (nSPS) is 21.4. The van der Waals surface area contributed by atoms with Gasteiger partial charge in [0.1, 0.15) is 0 Å². The first-order valence-electron chi connectivity index (χ1n) is 6.49. The zero-order valence-electron chi connectivity index (χ0n) is 10.6. The maximum Gasteiger partial charge on any atom is 0.313 e. The first-order valence-corrected chi connectivity index (χ1v) is 6.49. The molecule has 0 aromatic heterocycles. The second kappa shape index (κ2) is 6.24. The van der Waals surface area contributed by atoms with Crippen LogP contribution in [0.3, 0.4) is 0 Å². The van der Waals surface area contributed by atoms with Crippen LogP contribution < -0.4 is 5.73 Å². The van der Waals surface area contributed by atoms with Gasteiger partial charge in [0.15, 0.2) is 0 Å². The van der Waals surface area contributed by atoms with Crippen LogP contribution in [0.4, 0.5) is 0 Å². The summed E-state index contributed by atoms with van der Waals surface area (Å²) in [5, 5.41) is 0. The third-order valence-corrected chi connectivity index (χ3v) is 3.90. The number of hydrogen-bond acceptors (Lipinski definition) is 3. The lowest BCUT2D eigenvalue weighted by atomic mass is 9.87. The zero-order chi connectivity index (χ0) is 12.0. The van der Waals surface area contributed by atoms with Crippen molar-refractivity contribution >= 4 is 5.97 Å². The van der Waals surface area contributed by atoms with Crippen molar-refractivity contribution in [2.24, 2.45) is 17.1 Å². The highest BCUT2D eigenvalue weighted by Gasteiger charge is 2.31. The van der Waals surface area contributed by atoms with Gasteiger partial charge < -0.3 is 10.5 Å². The van der Waals surface area contributed by atoms with Gasteiger partial charge in [0.2, 0.25) is 0 Å². The van der Waals surface area contributed by atoms with Crippen molar-refractivity contribution in [2.45, 2.75) is 52.4 Å². The summed E-state index contributed by atoms with van der Waals surface area (Å²) < 4.78 is 5.41. The molecule has 0 aromatic carbocycles. The Kier molecular flexibility index (Phi) is 5.26. The fourth-order valence-corrected chi connectivity index (χ4v) is 2.09. The molecular formula is C13H25NO2. The summed E-state index contributed by atoms with van der Waals surface area (Å²) in [6, 6.07) is 0. The zero-order valence-corrected chi connectivity index (χ0v) is 10.6. The van der Waals surface area contributed by atoms with Crippen LogP contribution >= 0.6 is 0 Å². The molecule has 16 heavy (non-hydrogen) atoms. The van der Waals surface area contributed by atoms with Crippen LogP contribution in [-0.2, 0) is 9.53 Å². The predicted molar refractivity (Wildman–Crippen MR) is 65.0 cm³/mol. The molecule has 3 nitrogen and oxygen atoms in total. The van der Waals surface area contributed by atoms with Gasteiger partial charge in [-0.1, -0.05) is 26.2 Å². The summed E-state index contributed by atoms with van der Waals surface area (Å²) in [6.45, 7) is 4.83. The van der Waals surface area contributed by atoms with Crippen LogP contribution in [0.5, 0.6) is 0 Å². The van der Waals surface area contributed by atoms with E-state index in [0.717, 1.165) is 6.42 Å². The van der Waals surface area contributed by atoms with Crippen LogP contribution in [-0.4, -0.2) is 19.1 Å². The number of nitrogens with two attached hydrogens (primary N) is 1. The van der Waals surface area contributed by atoms with E-state index in [-0.39, 0.29) is 5.97 Å². The van der Waals surface area contributed by atoms with E-state index in [1.54, 1.807) is 0 Å². The standard InChI is InChI=1S/C13H25NO2/c1-3-13(2,10-14)12(15)16-9-11-7-5-4-6-8-11/h11H,3-10,14H2,1-2H3. The maximum absolute atomic E-state index is 11.9. The predicted octanol–water partition coefficient (Wildman–Crippen LogP) is 2.48. The second-order valence-electron chi connectivity index (χ2n) is 5.22. The van der Waals surface area contributed by atoms with Gasteiger partial charge in [-0.15, -0.1) is 0 Å². The fourth-order valence-electron chi connectivity index (χ4n) is 2.09. The summed E-state index contributed by atoms with van der Waals surface area (Å²) >= 11 is 0.